The highest BCUT2D eigenvalue weighted by molar-refractivity contribution is 8.00. The van der Waals surface area contributed by atoms with Crippen molar-refractivity contribution in [3.8, 4) is 0 Å². The summed E-state index contributed by atoms with van der Waals surface area (Å²) in [5.41, 5.74) is -0.315. The average molecular weight is 316 g/mol. The van der Waals surface area contributed by atoms with Crippen LogP contribution >= 0.6 is 23.1 Å². The van der Waals surface area contributed by atoms with Crippen molar-refractivity contribution < 1.29 is 15.0 Å². The van der Waals surface area contributed by atoms with Crippen LogP contribution in [0.4, 0.5) is 0 Å². The van der Waals surface area contributed by atoms with Crippen LogP contribution in [0.5, 0.6) is 0 Å². The lowest BCUT2D eigenvalue weighted by Crippen LogP contribution is -2.55. The van der Waals surface area contributed by atoms with Crippen LogP contribution in [0.25, 0.3) is 0 Å². The summed E-state index contributed by atoms with van der Waals surface area (Å²) in [4.78, 5) is 18.2. The molecule has 1 aromatic rings. The van der Waals surface area contributed by atoms with Gasteiger partial charge in [0.2, 0.25) is 5.91 Å². The first-order valence-electron chi connectivity index (χ1n) is 6.68. The van der Waals surface area contributed by atoms with E-state index in [9.17, 15) is 15.0 Å². The Hall–Kier alpha value is -0.630. The van der Waals surface area contributed by atoms with Gasteiger partial charge in [-0.15, -0.1) is 11.3 Å². The molecule has 1 aromatic heterocycles. The molecule has 0 bridgehead atoms. The van der Waals surface area contributed by atoms with Crippen molar-refractivity contribution in [2.75, 3.05) is 18.8 Å². The lowest BCUT2D eigenvalue weighted by atomic mass is 9.90. The third-order valence-electron chi connectivity index (χ3n) is 3.48. The second kappa shape index (κ2) is 6.43. The summed E-state index contributed by atoms with van der Waals surface area (Å²) < 4.78 is 0.983. The minimum Gasteiger partial charge on any atom is -0.388 e. The van der Waals surface area contributed by atoms with E-state index in [1.165, 1.54) is 0 Å². The van der Waals surface area contributed by atoms with Crippen molar-refractivity contribution in [2.45, 2.75) is 42.7 Å². The molecule has 0 spiro atoms. The smallest absolute Gasteiger partial charge is 0.228 e. The summed E-state index contributed by atoms with van der Waals surface area (Å²) >= 11 is 3.22. The van der Waals surface area contributed by atoms with Gasteiger partial charge in [-0.1, -0.05) is 18.7 Å². The second-order valence-electron chi connectivity index (χ2n) is 5.18. The highest BCUT2D eigenvalue weighted by Gasteiger charge is 2.37. The van der Waals surface area contributed by atoms with E-state index in [0.29, 0.717) is 13.0 Å². The van der Waals surface area contributed by atoms with Gasteiger partial charge in [0, 0.05) is 18.5 Å². The van der Waals surface area contributed by atoms with Crippen LogP contribution in [0.15, 0.2) is 9.72 Å². The van der Waals surface area contributed by atoms with Crippen LogP contribution in [0.3, 0.4) is 0 Å². The Morgan fingerprint density at radius 2 is 2.45 bits per heavy atom. The number of thioether (sulfide) groups is 1. The van der Waals surface area contributed by atoms with Crippen LogP contribution in [0.1, 0.15) is 26.0 Å². The first-order chi connectivity index (χ1) is 9.42. The first-order valence-corrected chi connectivity index (χ1v) is 8.54. The van der Waals surface area contributed by atoms with E-state index in [1.807, 2.05) is 5.38 Å². The fraction of sp³-hybridized carbons (Fsp3) is 0.692. The molecule has 1 fully saturated rings. The standard InChI is InChI=1S/C13H20N2O3S2/c1-3-19-12-14-9(8-20-12)6-11(17)15-5-4-13(2,18)10(16)7-15/h8,10,16,18H,3-7H2,1-2H3/t10-,13+/m0/s1. The lowest BCUT2D eigenvalue weighted by Gasteiger charge is -2.39. The highest BCUT2D eigenvalue weighted by Crippen LogP contribution is 2.24. The quantitative estimate of drug-likeness (QED) is 0.815. The van der Waals surface area contributed by atoms with Crippen molar-refractivity contribution in [3.63, 3.8) is 0 Å². The molecule has 7 heteroatoms. The van der Waals surface area contributed by atoms with Gasteiger partial charge in [-0.05, 0) is 19.1 Å². The Morgan fingerprint density at radius 1 is 1.70 bits per heavy atom. The summed E-state index contributed by atoms with van der Waals surface area (Å²) in [6.07, 6.45) is -0.231. The monoisotopic (exact) mass is 316 g/mol. The number of likely N-dealkylation sites (tertiary alicyclic amines) is 1. The molecule has 0 aromatic carbocycles. The largest absolute Gasteiger partial charge is 0.388 e. The van der Waals surface area contributed by atoms with Gasteiger partial charge >= 0.3 is 0 Å². The van der Waals surface area contributed by atoms with Crippen molar-refractivity contribution >= 4 is 29.0 Å². The molecule has 2 heterocycles. The van der Waals surface area contributed by atoms with E-state index in [4.69, 9.17) is 0 Å². The molecule has 0 unspecified atom stereocenters. The van der Waals surface area contributed by atoms with Crippen molar-refractivity contribution in [3.05, 3.63) is 11.1 Å². The van der Waals surface area contributed by atoms with E-state index in [-0.39, 0.29) is 18.9 Å². The predicted molar refractivity (Wildman–Crippen MR) is 80.0 cm³/mol. The summed E-state index contributed by atoms with van der Waals surface area (Å²) in [5, 5.41) is 21.6. The van der Waals surface area contributed by atoms with Crippen LogP contribution in [0, 0.1) is 0 Å². The third kappa shape index (κ3) is 3.72. The van der Waals surface area contributed by atoms with Crippen LogP contribution in [-0.4, -0.2) is 56.6 Å². The van der Waals surface area contributed by atoms with Gasteiger partial charge in [-0.3, -0.25) is 4.79 Å². The number of hydrogen-bond donors (Lipinski definition) is 2. The van der Waals surface area contributed by atoms with Crippen molar-refractivity contribution in [1.82, 2.24) is 9.88 Å². The Labute approximate surface area is 127 Å². The molecule has 2 rings (SSSR count). The van der Waals surface area contributed by atoms with E-state index < -0.39 is 11.7 Å². The maximum atomic E-state index is 12.2. The minimum atomic E-state index is -1.09. The van der Waals surface area contributed by atoms with Crippen LogP contribution < -0.4 is 0 Å². The number of aliphatic hydroxyl groups excluding tert-OH is 1. The van der Waals surface area contributed by atoms with Gasteiger partial charge in [0.15, 0.2) is 0 Å². The molecule has 2 atom stereocenters. The van der Waals surface area contributed by atoms with E-state index >= 15 is 0 Å². The summed E-state index contributed by atoms with van der Waals surface area (Å²) in [6, 6.07) is 0. The molecule has 1 amide bonds. The normalized spacial score (nSPS) is 26.8. The summed E-state index contributed by atoms with van der Waals surface area (Å²) in [7, 11) is 0. The molecular formula is C13H20N2O3S2. The van der Waals surface area contributed by atoms with Gasteiger partial charge in [-0.25, -0.2) is 4.98 Å². The van der Waals surface area contributed by atoms with E-state index in [2.05, 4.69) is 11.9 Å². The third-order valence-corrected chi connectivity index (χ3v) is 5.43. The Bertz CT molecular complexity index is 476. The maximum Gasteiger partial charge on any atom is 0.228 e. The summed E-state index contributed by atoms with van der Waals surface area (Å²) in [5.74, 6) is 0.923. The Kier molecular flexibility index (Phi) is 5.06. The zero-order valence-corrected chi connectivity index (χ0v) is 13.3. The van der Waals surface area contributed by atoms with E-state index in [1.54, 1.807) is 34.9 Å². The minimum absolute atomic E-state index is 0.0436. The highest BCUT2D eigenvalue weighted by atomic mass is 32.2. The molecule has 112 valence electrons. The number of nitrogens with zero attached hydrogens (tertiary/aromatic N) is 2. The average Bonchev–Trinajstić information content (AvgIpc) is 2.80. The molecular weight excluding hydrogens is 296 g/mol. The number of carbonyl (C=O) groups is 1. The molecule has 1 saturated heterocycles. The van der Waals surface area contributed by atoms with Gasteiger partial charge < -0.3 is 15.1 Å². The zero-order chi connectivity index (χ0) is 14.8. The number of rotatable bonds is 4. The summed E-state index contributed by atoms with van der Waals surface area (Å²) in [6.45, 7) is 4.34. The predicted octanol–water partition coefficient (Wildman–Crippen LogP) is 1.14. The van der Waals surface area contributed by atoms with Gasteiger partial charge in [0.1, 0.15) is 4.34 Å². The fourth-order valence-corrected chi connectivity index (χ4v) is 3.82. The number of hydrogen-bond acceptors (Lipinski definition) is 6. The molecule has 0 saturated carbocycles. The molecule has 2 N–H and O–H groups in total. The molecule has 20 heavy (non-hydrogen) atoms. The van der Waals surface area contributed by atoms with Gasteiger partial charge in [0.05, 0.1) is 23.8 Å². The number of piperidine rings is 1. The molecule has 0 radical (unpaired) electrons. The number of thiazole rings is 1. The second-order valence-corrected chi connectivity index (χ2v) is 7.55. The number of carbonyl (C=O) groups excluding carboxylic acids is 1. The van der Waals surface area contributed by atoms with Crippen LogP contribution in [-0.2, 0) is 11.2 Å². The molecule has 5 nitrogen and oxygen atoms in total. The Balaban J connectivity index is 1.91. The number of amides is 1. The fourth-order valence-electron chi connectivity index (χ4n) is 2.08. The molecule has 1 aliphatic heterocycles. The van der Waals surface area contributed by atoms with Crippen molar-refractivity contribution in [1.29, 1.82) is 0 Å². The van der Waals surface area contributed by atoms with Crippen LogP contribution in [0.2, 0.25) is 0 Å². The number of aromatic nitrogens is 1. The van der Waals surface area contributed by atoms with Gasteiger partial charge in [0.25, 0.3) is 0 Å². The van der Waals surface area contributed by atoms with Gasteiger partial charge in [-0.2, -0.15) is 0 Å². The maximum absolute atomic E-state index is 12.2. The zero-order valence-electron chi connectivity index (χ0n) is 11.7. The SMILES string of the molecule is CCSc1nc(CC(=O)N2CC[C@@](C)(O)[C@@H](O)C2)cs1. The van der Waals surface area contributed by atoms with E-state index in [0.717, 1.165) is 15.8 Å². The molecule has 1 aliphatic rings. The number of aliphatic hydroxyl groups is 2. The molecule has 0 aliphatic carbocycles. The topological polar surface area (TPSA) is 73.7 Å². The first kappa shape index (κ1) is 15.8. The van der Waals surface area contributed by atoms with Crippen molar-refractivity contribution in [2.24, 2.45) is 0 Å². The number of β-amino-alcohol motifs (C(OH)–C–C–N with tert-alkyl or cyclic N) is 1. The lowest BCUT2D eigenvalue weighted by molar-refractivity contribution is -0.145. The Morgan fingerprint density at radius 3 is 3.10 bits per heavy atom.